The Morgan fingerprint density at radius 2 is 1.33 bits per heavy atom. The third-order valence-corrected chi connectivity index (χ3v) is 6.19. The number of para-hydroxylation sites is 1. The summed E-state index contributed by atoms with van der Waals surface area (Å²) in [5.41, 5.74) is 8.97. The number of nitrogen functional groups attached to an aromatic ring is 1. The third kappa shape index (κ3) is 4.69. The highest BCUT2D eigenvalue weighted by Gasteiger charge is 2.27. The van der Waals surface area contributed by atoms with Crippen molar-refractivity contribution in [1.29, 1.82) is 0 Å². The lowest BCUT2D eigenvalue weighted by Gasteiger charge is -2.39. The van der Waals surface area contributed by atoms with Crippen molar-refractivity contribution in [2.75, 3.05) is 31.9 Å². The minimum atomic E-state index is -0.268. The van der Waals surface area contributed by atoms with Crippen LogP contribution < -0.4 is 5.73 Å². The smallest absolute Gasteiger partial charge is 0.145 e. The average molecular weight is 446 g/mol. The van der Waals surface area contributed by atoms with Crippen LogP contribution in [-0.4, -0.2) is 45.9 Å². The van der Waals surface area contributed by atoms with Crippen molar-refractivity contribution in [1.82, 2.24) is 19.8 Å². The summed E-state index contributed by atoms with van der Waals surface area (Å²) in [6.45, 7) is 3.90. The lowest BCUT2D eigenvalue weighted by Crippen LogP contribution is -2.47. The summed E-state index contributed by atoms with van der Waals surface area (Å²) in [6.07, 6.45) is 0. The molecule has 1 fully saturated rings. The molecule has 0 atom stereocenters. The molecule has 1 aliphatic heterocycles. The van der Waals surface area contributed by atoms with E-state index in [2.05, 4.69) is 19.8 Å². The van der Waals surface area contributed by atoms with Gasteiger partial charge in [0.2, 0.25) is 0 Å². The minimum Gasteiger partial charge on any atom is -0.383 e. The molecule has 3 aromatic carbocycles. The van der Waals surface area contributed by atoms with Gasteiger partial charge in [-0.15, -0.1) is 0 Å². The Morgan fingerprint density at radius 1 is 0.758 bits per heavy atom. The van der Waals surface area contributed by atoms with Crippen molar-refractivity contribution in [2.45, 2.75) is 12.6 Å². The zero-order chi connectivity index (χ0) is 22.8. The van der Waals surface area contributed by atoms with Crippen molar-refractivity contribution >= 4 is 16.7 Å². The normalized spacial score (nSPS) is 15.4. The molecule has 4 aromatic rings. The molecule has 0 unspecified atom stereocenters. The van der Waals surface area contributed by atoms with E-state index in [0.717, 1.165) is 48.2 Å². The Labute approximate surface area is 191 Å². The highest BCUT2D eigenvalue weighted by Crippen LogP contribution is 2.30. The molecule has 0 spiro atoms. The van der Waals surface area contributed by atoms with Gasteiger partial charge in [0, 0.05) is 31.6 Å². The van der Waals surface area contributed by atoms with Gasteiger partial charge in [0.25, 0.3) is 0 Å². The molecule has 1 saturated heterocycles. The van der Waals surface area contributed by atoms with Gasteiger partial charge in [-0.25, -0.2) is 18.7 Å². The predicted octanol–water partition coefficient (Wildman–Crippen LogP) is 4.40. The molecule has 5 rings (SSSR count). The van der Waals surface area contributed by atoms with Crippen LogP contribution in [0.2, 0.25) is 0 Å². The second kappa shape index (κ2) is 9.21. The first-order valence-electron chi connectivity index (χ1n) is 11.1. The largest absolute Gasteiger partial charge is 0.383 e. The molecule has 0 aliphatic carbocycles. The fraction of sp³-hybridized carbons (Fsp3) is 0.231. The third-order valence-electron chi connectivity index (χ3n) is 6.19. The predicted molar refractivity (Wildman–Crippen MR) is 125 cm³/mol. The zero-order valence-corrected chi connectivity index (χ0v) is 18.2. The van der Waals surface area contributed by atoms with Crippen molar-refractivity contribution in [3.8, 4) is 0 Å². The van der Waals surface area contributed by atoms with Crippen LogP contribution in [0, 0.1) is 11.6 Å². The van der Waals surface area contributed by atoms with E-state index < -0.39 is 0 Å². The summed E-state index contributed by atoms with van der Waals surface area (Å²) in [5, 5.41) is 0.868. The topological polar surface area (TPSA) is 58.3 Å². The monoisotopic (exact) mass is 445 g/mol. The number of benzene rings is 3. The van der Waals surface area contributed by atoms with E-state index in [0.29, 0.717) is 18.2 Å². The SMILES string of the molecule is Nc1nc(CN2CCN(C(c3ccc(F)cc3)c3ccc(F)cc3)CC2)nc2ccccc12. The molecule has 7 heteroatoms. The molecule has 2 heterocycles. The average Bonchev–Trinajstić information content (AvgIpc) is 2.83. The fourth-order valence-corrected chi connectivity index (χ4v) is 4.51. The fourth-order valence-electron chi connectivity index (χ4n) is 4.51. The Bertz CT molecular complexity index is 1190. The van der Waals surface area contributed by atoms with Gasteiger partial charge in [0.05, 0.1) is 18.1 Å². The number of rotatable bonds is 5. The van der Waals surface area contributed by atoms with Crippen LogP contribution in [0.3, 0.4) is 0 Å². The summed E-state index contributed by atoms with van der Waals surface area (Å²) < 4.78 is 27.1. The molecule has 0 saturated carbocycles. The van der Waals surface area contributed by atoms with Crippen LogP contribution in [0.1, 0.15) is 23.0 Å². The Kier molecular flexibility index (Phi) is 5.98. The zero-order valence-electron chi connectivity index (χ0n) is 18.2. The molecule has 2 N–H and O–H groups in total. The maximum Gasteiger partial charge on any atom is 0.145 e. The van der Waals surface area contributed by atoms with Gasteiger partial charge in [-0.3, -0.25) is 9.80 Å². The van der Waals surface area contributed by atoms with Crippen LogP contribution >= 0.6 is 0 Å². The second-order valence-electron chi connectivity index (χ2n) is 8.36. The molecular formula is C26H25F2N5. The Balaban J connectivity index is 1.32. The van der Waals surface area contributed by atoms with Crippen LogP contribution in [0.25, 0.3) is 10.9 Å². The summed E-state index contributed by atoms with van der Waals surface area (Å²) in [7, 11) is 0. The summed E-state index contributed by atoms with van der Waals surface area (Å²) in [5.74, 6) is 0.683. The number of piperazine rings is 1. The van der Waals surface area contributed by atoms with E-state index in [-0.39, 0.29) is 17.7 Å². The van der Waals surface area contributed by atoms with Crippen molar-refractivity contribution in [3.63, 3.8) is 0 Å². The van der Waals surface area contributed by atoms with Crippen molar-refractivity contribution in [2.24, 2.45) is 0 Å². The van der Waals surface area contributed by atoms with Crippen LogP contribution in [0.5, 0.6) is 0 Å². The second-order valence-corrected chi connectivity index (χ2v) is 8.36. The first kappa shape index (κ1) is 21.4. The highest BCUT2D eigenvalue weighted by atomic mass is 19.1. The minimum absolute atomic E-state index is 0.0686. The first-order chi connectivity index (χ1) is 16.1. The molecule has 168 valence electrons. The van der Waals surface area contributed by atoms with E-state index in [1.165, 1.54) is 24.3 Å². The number of hydrogen-bond donors (Lipinski definition) is 1. The molecule has 0 radical (unpaired) electrons. The van der Waals surface area contributed by atoms with Gasteiger partial charge in [-0.05, 0) is 47.5 Å². The number of halogens is 2. The molecule has 1 aliphatic rings. The van der Waals surface area contributed by atoms with Gasteiger partial charge in [0.15, 0.2) is 0 Å². The molecule has 0 bridgehead atoms. The lowest BCUT2D eigenvalue weighted by atomic mass is 9.96. The van der Waals surface area contributed by atoms with E-state index in [4.69, 9.17) is 5.73 Å². The van der Waals surface area contributed by atoms with Gasteiger partial charge in [-0.2, -0.15) is 0 Å². The van der Waals surface area contributed by atoms with E-state index in [1.54, 1.807) is 24.3 Å². The van der Waals surface area contributed by atoms with Crippen molar-refractivity contribution < 1.29 is 8.78 Å². The molecule has 0 amide bonds. The Hall–Kier alpha value is -3.42. The Morgan fingerprint density at radius 3 is 1.94 bits per heavy atom. The van der Waals surface area contributed by atoms with E-state index >= 15 is 0 Å². The van der Waals surface area contributed by atoms with E-state index in [1.807, 2.05) is 24.3 Å². The quantitative estimate of drug-likeness (QED) is 0.494. The summed E-state index contributed by atoms with van der Waals surface area (Å²) in [6, 6.07) is 20.8. The number of nitrogens with zero attached hydrogens (tertiary/aromatic N) is 4. The maximum atomic E-state index is 13.5. The number of nitrogens with two attached hydrogens (primary N) is 1. The maximum absolute atomic E-state index is 13.5. The number of fused-ring (bicyclic) bond motifs is 1. The first-order valence-corrected chi connectivity index (χ1v) is 11.1. The van der Waals surface area contributed by atoms with Gasteiger partial charge in [0.1, 0.15) is 23.3 Å². The number of hydrogen-bond acceptors (Lipinski definition) is 5. The van der Waals surface area contributed by atoms with Crippen LogP contribution in [0.15, 0.2) is 72.8 Å². The molecule has 1 aromatic heterocycles. The molecule has 5 nitrogen and oxygen atoms in total. The lowest BCUT2D eigenvalue weighted by molar-refractivity contribution is 0.103. The molecule has 33 heavy (non-hydrogen) atoms. The number of aromatic nitrogens is 2. The number of anilines is 1. The summed E-state index contributed by atoms with van der Waals surface area (Å²) in [4.78, 5) is 13.8. The van der Waals surface area contributed by atoms with Crippen molar-refractivity contribution in [3.05, 3.63) is 101 Å². The standard InChI is InChI=1S/C26H25F2N5/c27-20-9-5-18(6-10-20)25(19-7-11-21(28)12-8-19)33-15-13-32(14-16-33)17-24-30-23-4-2-1-3-22(23)26(29)31-24/h1-12,25H,13-17H2,(H2,29,30,31). The highest BCUT2D eigenvalue weighted by molar-refractivity contribution is 5.87. The van der Waals surface area contributed by atoms with E-state index in [9.17, 15) is 8.78 Å². The van der Waals surface area contributed by atoms with Gasteiger partial charge in [-0.1, -0.05) is 36.4 Å². The van der Waals surface area contributed by atoms with Gasteiger partial charge < -0.3 is 5.73 Å². The molecular weight excluding hydrogens is 420 g/mol. The van der Waals surface area contributed by atoms with Crippen LogP contribution in [-0.2, 0) is 6.54 Å². The summed E-state index contributed by atoms with van der Waals surface area (Å²) >= 11 is 0. The van der Waals surface area contributed by atoms with Crippen LogP contribution in [0.4, 0.5) is 14.6 Å². The van der Waals surface area contributed by atoms with Gasteiger partial charge >= 0.3 is 0 Å².